The summed E-state index contributed by atoms with van der Waals surface area (Å²) < 4.78 is 2.12. The number of amides is 1. The minimum Gasteiger partial charge on any atom is -0.368 e. The van der Waals surface area contributed by atoms with Gasteiger partial charge in [-0.05, 0) is 31.5 Å². The average Bonchev–Trinajstić information content (AvgIpc) is 3.20. The molecular weight excluding hydrogens is 406 g/mol. The third-order valence-electron chi connectivity index (χ3n) is 5.66. The van der Waals surface area contributed by atoms with Gasteiger partial charge in [-0.1, -0.05) is 60.3 Å². The topological polar surface area (TPSA) is 54.3 Å². The van der Waals surface area contributed by atoms with E-state index in [0.29, 0.717) is 0 Å². The normalized spacial score (nSPS) is 15.2. The molecule has 0 bridgehead atoms. The first-order valence-electron chi connectivity index (χ1n) is 10.9. The van der Waals surface area contributed by atoms with Crippen molar-refractivity contribution in [2.75, 3.05) is 31.1 Å². The van der Waals surface area contributed by atoms with Crippen molar-refractivity contribution in [1.29, 1.82) is 0 Å². The molecule has 1 fully saturated rings. The molecule has 1 unspecified atom stereocenters. The summed E-state index contributed by atoms with van der Waals surface area (Å²) in [6.07, 6.45) is 0.742. The number of hydrogen-bond acceptors (Lipinski definition) is 5. The lowest BCUT2D eigenvalue weighted by Crippen LogP contribution is -2.50. The Morgan fingerprint density at radius 1 is 0.968 bits per heavy atom. The smallest absolute Gasteiger partial charge is 0.236 e. The Bertz CT molecular complexity index is 984. The summed E-state index contributed by atoms with van der Waals surface area (Å²) in [5.41, 5.74) is 2.43. The van der Waals surface area contributed by atoms with Crippen LogP contribution >= 0.6 is 11.8 Å². The van der Waals surface area contributed by atoms with Crippen molar-refractivity contribution in [3.05, 3.63) is 72.1 Å². The maximum Gasteiger partial charge on any atom is 0.236 e. The third-order valence-corrected chi connectivity index (χ3v) is 6.73. The van der Waals surface area contributed by atoms with E-state index in [1.54, 1.807) is 0 Å². The van der Waals surface area contributed by atoms with E-state index in [4.69, 9.17) is 0 Å². The van der Waals surface area contributed by atoms with Gasteiger partial charge < -0.3 is 14.4 Å². The second-order valence-electron chi connectivity index (χ2n) is 7.71. The first-order valence-corrected chi connectivity index (χ1v) is 11.7. The number of piperazine rings is 1. The molecule has 31 heavy (non-hydrogen) atoms. The monoisotopic (exact) mass is 435 g/mol. The van der Waals surface area contributed by atoms with E-state index in [-0.39, 0.29) is 11.2 Å². The number of carbonyl (C=O) groups is 1. The summed E-state index contributed by atoms with van der Waals surface area (Å²) >= 11 is 1.51. The minimum atomic E-state index is -0.192. The highest BCUT2D eigenvalue weighted by Gasteiger charge is 2.27. The summed E-state index contributed by atoms with van der Waals surface area (Å²) in [5.74, 6) is 1.11. The molecule has 0 aliphatic carbocycles. The number of anilines is 1. The quantitative estimate of drug-likeness (QED) is 0.530. The fourth-order valence-electron chi connectivity index (χ4n) is 3.92. The van der Waals surface area contributed by atoms with Crippen molar-refractivity contribution < 1.29 is 4.79 Å². The fourth-order valence-corrected chi connectivity index (χ4v) is 4.94. The maximum atomic E-state index is 13.1. The van der Waals surface area contributed by atoms with Gasteiger partial charge >= 0.3 is 0 Å². The van der Waals surface area contributed by atoms with Gasteiger partial charge in [-0.15, -0.1) is 10.2 Å². The van der Waals surface area contributed by atoms with Crippen molar-refractivity contribution in [2.45, 2.75) is 37.2 Å². The third kappa shape index (κ3) is 5.10. The molecule has 3 aromatic rings. The van der Waals surface area contributed by atoms with E-state index in [1.165, 1.54) is 23.0 Å². The summed E-state index contributed by atoms with van der Waals surface area (Å²) in [6.45, 7) is 8.07. The Balaban J connectivity index is 1.36. The van der Waals surface area contributed by atoms with Crippen LogP contribution in [0.15, 0.2) is 65.8 Å². The van der Waals surface area contributed by atoms with E-state index >= 15 is 0 Å². The standard InChI is InChI=1S/C24H29N5OS/c1-3-29-22(18-20-10-6-4-7-11-20)25-26-24(29)31-19(2)23(30)28-16-14-27(15-17-28)21-12-8-5-9-13-21/h4-13,19H,3,14-18H2,1-2H3. The lowest BCUT2D eigenvalue weighted by Gasteiger charge is -2.37. The molecule has 2 heterocycles. The molecule has 0 saturated carbocycles. The molecule has 1 atom stereocenters. The number of para-hydroxylation sites is 1. The molecule has 1 aliphatic rings. The van der Waals surface area contributed by atoms with Crippen molar-refractivity contribution in [3.63, 3.8) is 0 Å². The zero-order valence-electron chi connectivity index (χ0n) is 18.1. The molecule has 162 valence electrons. The van der Waals surface area contributed by atoms with Gasteiger partial charge in [0.1, 0.15) is 5.82 Å². The zero-order valence-corrected chi connectivity index (χ0v) is 19.0. The van der Waals surface area contributed by atoms with Crippen LogP contribution in [-0.4, -0.2) is 57.0 Å². The van der Waals surface area contributed by atoms with E-state index < -0.39 is 0 Å². The molecular formula is C24H29N5OS. The van der Waals surface area contributed by atoms with E-state index in [0.717, 1.165) is 50.1 Å². The van der Waals surface area contributed by atoms with Gasteiger partial charge in [-0.25, -0.2) is 0 Å². The lowest BCUT2D eigenvalue weighted by atomic mass is 10.1. The SMILES string of the molecule is CCn1c(Cc2ccccc2)nnc1SC(C)C(=O)N1CCN(c2ccccc2)CC1. The molecule has 4 rings (SSSR count). The Morgan fingerprint density at radius 2 is 1.61 bits per heavy atom. The molecule has 1 amide bonds. The second kappa shape index (κ2) is 10.0. The number of hydrogen-bond donors (Lipinski definition) is 0. The Morgan fingerprint density at radius 3 is 2.26 bits per heavy atom. The first-order chi connectivity index (χ1) is 15.2. The number of thioether (sulfide) groups is 1. The number of rotatable bonds is 7. The largest absolute Gasteiger partial charge is 0.368 e. The molecule has 6 nitrogen and oxygen atoms in total. The van der Waals surface area contributed by atoms with Gasteiger partial charge in [0.2, 0.25) is 5.91 Å². The number of aromatic nitrogens is 3. The molecule has 0 spiro atoms. The summed E-state index contributed by atoms with van der Waals surface area (Å²) in [4.78, 5) is 17.4. The van der Waals surface area contributed by atoms with Crippen molar-refractivity contribution >= 4 is 23.4 Å². The lowest BCUT2D eigenvalue weighted by molar-refractivity contribution is -0.130. The van der Waals surface area contributed by atoms with Gasteiger partial charge in [0.15, 0.2) is 5.16 Å². The number of nitrogens with zero attached hydrogens (tertiary/aromatic N) is 5. The maximum absolute atomic E-state index is 13.1. The highest BCUT2D eigenvalue weighted by molar-refractivity contribution is 8.00. The Hall–Kier alpha value is -2.80. The predicted molar refractivity (Wildman–Crippen MR) is 125 cm³/mol. The fraction of sp³-hybridized carbons (Fsp3) is 0.375. The van der Waals surface area contributed by atoms with Crippen molar-refractivity contribution in [3.8, 4) is 0 Å². The van der Waals surface area contributed by atoms with Crippen LogP contribution < -0.4 is 4.90 Å². The van der Waals surface area contributed by atoms with Crippen molar-refractivity contribution in [2.24, 2.45) is 0 Å². The highest BCUT2D eigenvalue weighted by atomic mass is 32.2. The molecule has 0 radical (unpaired) electrons. The zero-order chi connectivity index (χ0) is 21.6. The number of carbonyl (C=O) groups excluding carboxylic acids is 1. The van der Waals surface area contributed by atoms with Crippen LogP contribution in [0.25, 0.3) is 0 Å². The summed E-state index contributed by atoms with van der Waals surface area (Å²) in [7, 11) is 0. The Labute approximate surface area is 188 Å². The highest BCUT2D eigenvalue weighted by Crippen LogP contribution is 2.25. The van der Waals surface area contributed by atoms with Crippen LogP contribution in [0.1, 0.15) is 25.2 Å². The van der Waals surface area contributed by atoms with E-state index in [1.807, 2.05) is 36.1 Å². The summed E-state index contributed by atoms with van der Waals surface area (Å²) in [5, 5.41) is 9.44. The first kappa shape index (κ1) is 21.4. The van der Waals surface area contributed by atoms with Gasteiger partial charge in [0, 0.05) is 44.8 Å². The predicted octanol–water partition coefficient (Wildman–Crippen LogP) is 3.72. The molecule has 0 N–H and O–H groups in total. The van der Waals surface area contributed by atoms with Gasteiger partial charge in [-0.3, -0.25) is 4.79 Å². The molecule has 2 aromatic carbocycles. The minimum absolute atomic E-state index is 0.174. The van der Waals surface area contributed by atoms with Crippen LogP contribution in [0.3, 0.4) is 0 Å². The second-order valence-corrected chi connectivity index (χ2v) is 9.02. The molecule has 7 heteroatoms. The van der Waals surface area contributed by atoms with E-state index in [9.17, 15) is 4.79 Å². The van der Waals surface area contributed by atoms with Crippen LogP contribution in [-0.2, 0) is 17.8 Å². The molecule has 1 saturated heterocycles. The van der Waals surface area contributed by atoms with E-state index in [2.05, 4.69) is 63.0 Å². The van der Waals surface area contributed by atoms with Crippen molar-refractivity contribution in [1.82, 2.24) is 19.7 Å². The Kier molecular flexibility index (Phi) is 6.92. The van der Waals surface area contributed by atoms with Gasteiger partial charge in [-0.2, -0.15) is 0 Å². The van der Waals surface area contributed by atoms with Gasteiger partial charge in [0.05, 0.1) is 5.25 Å². The summed E-state index contributed by atoms with van der Waals surface area (Å²) in [6, 6.07) is 20.7. The van der Waals surface area contributed by atoms with Crippen LogP contribution in [0.4, 0.5) is 5.69 Å². The van der Waals surface area contributed by atoms with Crippen LogP contribution in [0.2, 0.25) is 0 Å². The van der Waals surface area contributed by atoms with Crippen LogP contribution in [0, 0.1) is 0 Å². The molecule has 1 aliphatic heterocycles. The average molecular weight is 436 g/mol. The molecule has 1 aromatic heterocycles. The van der Waals surface area contributed by atoms with Gasteiger partial charge in [0.25, 0.3) is 0 Å². The van der Waals surface area contributed by atoms with Crippen LogP contribution in [0.5, 0.6) is 0 Å². The number of benzene rings is 2.